The highest BCUT2D eigenvalue weighted by Crippen LogP contribution is 2.32. The highest BCUT2D eigenvalue weighted by atomic mass is 16.2. The number of carbonyl (C=O) groups excluding carboxylic acids is 1. The van der Waals surface area contributed by atoms with E-state index in [2.05, 4.69) is 31.2 Å². The lowest BCUT2D eigenvalue weighted by molar-refractivity contribution is -0.133. The molecule has 0 saturated carbocycles. The first-order valence-corrected chi connectivity index (χ1v) is 7.90. The minimum Gasteiger partial charge on any atom is -0.399 e. The quantitative estimate of drug-likeness (QED) is 0.882. The van der Waals surface area contributed by atoms with Crippen LogP contribution in [-0.4, -0.2) is 17.4 Å². The van der Waals surface area contributed by atoms with Crippen molar-refractivity contribution in [1.29, 1.82) is 0 Å². The zero-order valence-corrected chi connectivity index (χ0v) is 13.0. The van der Waals surface area contributed by atoms with Crippen LogP contribution in [0, 0.1) is 0 Å². The zero-order valence-electron chi connectivity index (χ0n) is 13.0. The van der Waals surface area contributed by atoms with E-state index in [4.69, 9.17) is 5.73 Å². The van der Waals surface area contributed by atoms with E-state index in [1.807, 2.05) is 29.2 Å². The van der Waals surface area contributed by atoms with Crippen molar-refractivity contribution < 1.29 is 4.79 Å². The fourth-order valence-corrected chi connectivity index (χ4v) is 3.30. The molecule has 2 N–H and O–H groups in total. The Kier molecular flexibility index (Phi) is 4.14. The molecule has 3 nitrogen and oxygen atoms in total. The molecule has 0 aliphatic carbocycles. The van der Waals surface area contributed by atoms with Crippen LogP contribution in [0.3, 0.4) is 0 Å². The largest absolute Gasteiger partial charge is 0.399 e. The third-order valence-electron chi connectivity index (χ3n) is 4.45. The molecule has 0 spiro atoms. The second kappa shape index (κ2) is 6.22. The minimum atomic E-state index is 0.200. The normalized spacial score (nSPS) is 17.1. The van der Waals surface area contributed by atoms with Crippen molar-refractivity contribution in [1.82, 2.24) is 4.90 Å². The monoisotopic (exact) mass is 294 g/mol. The first-order chi connectivity index (χ1) is 10.7. The van der Waals surface area contributed by atoms with Gasteiger partial charge in [0.25, 0.3) is 0 Å². The summed E-state index contributed by atoms with van der Waals surface area (Å²) in [6.07, 6.45) is 2.34. The van der Waals surface area contributed by atoms with Gasteiger partial charge < -0.3 is 10.6 Å². The maximum absolute atomic E-state index is 12.7. The van der Waals surface area contributed by atoms with Gasteiger partial charge in [0.1, 0.15) is 0 Å². The maximum atomic E-state index is 12.7. The van der Waals surface area contributed by atoms with E-state index in [9.17, 15) is 4.79 Å². The van der Waals surface area contributed by atoms with Crippen LogP contribution in [0.5, 0.6) is 0 Å². The Bertz CT molecular complexity index is 663. The topological polar surface area (TPSA) is 46.3 Å². The summed E-state index contributed by atoms with van der Waals surface area (Å²) in [5.74, 6) is 0.200. The highest BCUT2D eigenvalue weighted by Gasteiger charge is 2.28. The van der Waals surface area contributed by atoms with Crippen LogP contribution in [-0.2, 0) is 17.6 Å². The van der Waals surface area contributed by atoms with Crippen LogP contribution in [0.4, 0.5) is 5.69 Å². The molecule has 2 aromatic rings. The molecule has 114 valence electrons. The molecule has 0 bridgehead atoms. The number of rotatable bonds is 3. The number of carbonyl (C=O) groups is 1. The molecule has 1 atom stereocenters. The molecular weight excluding hydrogens is 272 g/mol. The number of hydrogen-bond donors (Lipinski definition) is 1. The van der Waals surface area contributed by atoms with Crippen LogP contribution in [0.25, 0.3) is 0 Å². The maximum Gasteiger partial charge on any atom is 0.227 e. The fourth-order valence-electron chi connectivity index (χ4n) is 3.30. The van der Waals surface area contributed by atoms with E-state index in [-0.39, 0.29) is 11.9 Å². The lowest BCUT2D eigenvalue weighted by Crippen LogP contribution is -2.40. The lowest BCUT2D eigenvalue weighted by Gasteiger charge is -2.37. The molecule has 1 unspecified atom stereocenters. The standard InChI is InChI=1S/C19H22N2O/c1-2-18-17-6-4-3-5-15(17)11-12-21(18)19(22)13-14-7-9-16(20)10-8-14/h3-10,18H,2,11-13,20H2,1H3. The summed E-state index contributed by atoms with van der Waals surface area (Å²) in [4.78, 5) is 14.8. The van der Waals surface area contributed by atoms with E-state index in [1.54, 1.807) is 0 Å². The van der Waals surface area contributed by atoms with Crippen molar-refractivity contribution >= 4 is 11.6 Å². The fraction of sp³-hybridized carbons (Fsp3) is 0.316. The van der Waals surface area contributed by atoms with Gasteiger partial charge in [-0.15, -0.1) is 0 Å². The average molecular weight is 294 g/mol. The molecule has 2 aromatic carbocycles. The SMILES string of the molecule is CCC1c2ccccc2CCN1C(=O)Cc1ccc(N)cc1. The summed E-state index contributed by atoms with van der Waals surface area (Å²) in [6, 6.07) is 16.3. The van der Waals surface area contributed by atoms with Crippen molar-refractivity contribution in [3.63, 3.8) is 0 Å². The molecule has 3 heteroatoms. The Balaban J connectivity index is 1.79. The van der Waals surface area contributed by atoms with Gasteiger partial charge in [-0.3, -0.25) is 4.79 Å². The third-order valence-corrected chi connectivity index (χ3v) is 4.45. The average Bonchev–Trinajstić information content (AvgIpc) is 2.55. The first-order valence-electron chi connectivity index (χ1n) is 7.90. The summed E-state index contributed by atoms with van der Waals surface area (Å²) in [7, 11) is 0. The van der Waals surface area contributed by atoms with Gasteiger partial charge in [0, 0.05) is 12.2 Å². The first kappa shape index (κ1) is 14.6. The number of nitrogens with zero attached hydrogens (tertiary/aromatic N) is 1. The van der Waals surface area contributed by atoms with Crippen molar-refractivity contribution in [3.8, 4) is 0 Å². The lowest BCUT2D eigenvalue weighted by atomic mass is 9.90. The number of fused-ring (bicyclic) bond motifs is 1. The summed E-state index contributed by atoms with van der Waals surface area (Å²) in [5.41, 5.74) is 10.1. The van der Waals surface area contributed by atoms with Crippen LogP contribution in [0.2, 0.25) is 0 Å². The van der Waals surface area contributed by atoms with Crippen LogP contribution < -0.4 is 5.73 Å². The number of anilines is 1. The number of benzene rings is 2. The number of nitrogens with two attached hydrogens (primary N) is 1. The zero-order chi connectivity index (χ0) is 15.5. The van der Waals surface area contributed by atoms with Crippen LogP contribution >= 0.6 is 0 Å². The van der Waals surface area contributed by atoms with E-state index < -0.39 is 0 Å². The van der Waals surface area contributed by atoms with Crippen LogP contribution in [0.15, 0.2) is 48.5 Å². The summed E-state index contributed by atoms with van der Waals surface area (Å²) in [5, 5.41) is 0. The summed E-state index contributed by atoms with van der Waals surface area (Å²) in [6.45, 7) is 2.96. The molecule has 1 aliphatic rings. The molecule has 3 rings (SSSR count). The second-order valence-corrected chi connectivity index (χ2v) is 5.88. The summed E-state index contributed by atoms with van der Waals surface area (Å²) >= 11 is 0. The Morgan fingerprint density at radius 3 is 2.64 bits per heavy atom. The molecule has 22 heavy (non-hydrogen) atoms. The predicted molar refractivity (Wildman–Crippen MR) is 89.4 cm³/mol. The van der Waals surface area contributed by atoms with E-state index >= 15 is 0 Å². The molecule has 0 radical (unpaired) electrons. The molecular formula is C19H22N2O. The molecule has 0 aromatic heterocycles. The second-order valence-electron chi connectivity index (χ2n) is 5.88. The van der Waals surface area contributed by atoms with Gasteiger partial charge in [-0.1, -0.05) is 43.3 Å². The Morgan fingerprint density at radius 1 is 1.18 bits per heavy atom. The van der Waals surface area contributed by atoms with Gasteiger partial charge in [0.15, 0.2) is 0 Å². The van der Waals surface area contributed by atoms with Crippen molar-refractivity contribution in [2.45, 2.75) is 32.2 Å². The Hall–Kier alpha value is -2.29. The molecule has 1 amide bonds. The minimum absolute atomic E-state index is 0.200. The molecule has 1 heterocycles. The molecule has 0 fully saturated rings. The van der Waals surface area contributed by atoms with E-state index in [1.165, 1.54) is 11.1 Å². The van der Waals surface area contributed by atoms with Crippen molar-refractivity contribution in [3.05, 3.63) is 65.2 Å². The van der Waals surface area contributed by atoms with Crippen LogP contribution in [0.1, 0.15) is 36.1 Å². The molecule has 0 saturated heterocycles. The Labute approximate surface area is 131 Å². The highest BCUT2D eigenvalue weighted by molar-refractivity contribution is 5.79. The van der Waals surface area contributed by atoms with Gasteiger partial charge in [-0.05, 0) is 41.7 Å². The van der Waals surface area contributed by atoms with Gasteiger partial charge in [0.05, 0.1) is 12.5 Å². The number of hydrogen-bond acceptors (Lipinski definition) is 2. The van der Waals surface area contributed by atoms with Crippen molar-refractivity contribution in [2.24, 2.45) is 0 Å². The van der Waals surface area contributed by atoms with E-state index in [0.717, 1.165) is 30.6 Å². The Morgan fingerprint density at radius 2 is 1.91 bits per heavy atom. The van der Waals surface area contributed by atoms with Gasteiger partial charge in [0.2, 0.25) is 5.91 Å². The van der Waals surface area contributed by atoms with Gasteiger partial charge in [-0.25, -0.2) is 0 Å². The van der Waals surface area contributed by atoms with Gasteiger partial charge >= 0.3 is 0 Å². The smallest absolute Gasteiger partial charge is 0.227 e. The number of amides is 1. The van der Waals surface area contributed by atoms with E-state index in [0.29, 0.717) is 6.42 Å². The molecule has 1 aliphatic heterocycles. The van der Waals surface area contributed by atoms with Gasteiger partial charge in [-0.2, -0.15) is 0 Å². The number of nitrogen functional groups attached to an aromatic ring is 1. The summed E-state index contributed by atoms with van der Waals surface area (Å²) < 4.78 is 0. The predicted octanol–water partition coefficient (Wildman–Crippen LogP) is 3.35. The van der Waals surface area contributed by atoms with Crippen molar-refractivity contribution in [2.75, 3.05) is 12.3 Å². The third kappa shape index (κ3) is 2.84.